The number of aromatic nitrogens is 3. The third-order valence-electron chi connectivity index (χ3n) is 4.18. The first-order chi connectivity index (χ1) is 13.7. The van der Waals surface area contributed by atoms with Crippen molar-refractivity contribution in [1.29, 1.82) is 0 Å². The van der Waals surface area contributed by atoms with Crippen molar-refractivity contribution in [3.63, 3.8) is 0 Å². The van der Waals surface area contributed by atoms with E-state index in [0.717, 1.165) is 18.7 Å². The zero-order valence-corrected chi connectivity index (χ0v) is 16.0. The average molecular weight is 377 g/mol. The van der Waals surface area contributed by atoms with E-state index < -0.39 is 0 Å². The topological polar surface area (TPSA) is 80.2 Å². The van der Waals surface area contributed by atoms with E-state index in [1.54, 1.807) is 30.6 Å². The summed E-state index contributed by atoms with van der Waals surface area (Å²) < 4.78 is 5.41. The van der Waals surface area contributed by atoms with Crippen molar-refractivity contribution in [3.8, 4) is 5.75 Å². The second-order valence-electron chi connectivity index (χ2n) is 6.20. The van der Waals surface area contributed by atoms with Crippen molar-refractivity contribution in [3.05, 3.63) is 72.4 Å². The number of nitrogens with zero attached hydrogens (tertiary/aromatic N) is 4. The minimum absolute atomic E-state index is 0.282. The van der Waals surface area contributed by atoms with Crippen LogP contribution in [0, 0.1) is 0 Å². The predicted octanol–water partition coefficient (Wildman–Crippen LogP) is 3.20. The van der Waals surface area contributed by atoms with Crippen LogP contribution in [-0.4, -0.2) is 41.1 Å². The quantitative estimate of drug-likeness (QED) is 0.649. The zero-order chi connectivity index (χ0) is 19.8. The second kappa shape index (κ2) is 9.45. The summed E-state index contributed by atoms with van der Waals surface area (Å²) in [7, 11) is 1.94. The smallest absolute Gasteiger partial charge is 0.274 e. The maximum absolute atomic E-state index is 12.5. The fraction of sp³-hybridized carbons (Fsp3) is 0.238. The summed E-state index contributed by atoms with van der Waals surface area (Å²) in [6, 6.07) is 12.9. The minimum Gasteiger partial charge on any atom is -0.494 e. The molecule has 3 rings (SSSR count). The van der Waals surface area contributed by atoms with Crippen LogP contribution in [0.25, 0.3) is 0 Å². The Morgan fingerprint density at radius 1 is 1.11 bits per heavy atom. The Morgan fingerprint density at radius 2 is 1.86 bits per heavy atom. The molecule has 2 aromatic heterocycles. The van der Waals surface area contributed by atoms with Crippen molar-refractivity contribution in [2.75, 3.05) is 30.4 Å². The van der Waals surface area contributed by atoms with Gasteiger partial charge in [0.25, 0.3) is 5.91 Å². The van der Waals surface area contributed by atoms with Gasteiger partial charge in [0.2, 0.25) is 0 Å². The summed E-state index contributed by atoms with van der Waals surface area (Å²) in [5, 5.41) is 2.84. The number of carbonyl (C=O) groups is 1. The van der Waals surface area contributed by atoms with Gasteiger partial charge in [-0.25, -0.2) is 9.97 Å². The number of hydrogen-bond donors (Lipinski definition) is 1. The fourth-order valence-corrected chi connectivity index (χ4v) is 2.64. The maximum atomic E-state index is 12.5. The minimum atomic E-state index is -0.282. The van der Waals surface area contributed by atoms with Crippen LogP contribution in [0.4, 0.5) is 11.5 Å². The summed E-state index contributed by atoms with van der Waals surface area (Å²) in [6.07, 6.45) is 5.83. The van der Waals surface area contributed by atoms with Crippen LogP contribution < -0.4 is 15.0 Å². The van der Waals surface area contributed by atoms with Crippen molar-refractivity contribution < 1.29 is 9.53 Å². The molecule has 0 bridgehead atoms. The number of anilines is 2. The predicted molar refractivity (Wildman–Crippen MR) is 109 cm³/mol. The van der Waals surface area contributed by atoms with E-state index in [4.69, 9.17) is 4.74 Å². The summed E-state index contributed by atoms with van der Waals surface area (Å²) in [4.78, 5) is 26.9. The lowest BCUT2D eigenvalue weighted by Gasteiger charge is -2.18. The molecule has 0 aliphatic rings. The Hall–Kier alpha value is -3.48. The summed E-state index contributed by atoms with van der Waals surface area (Å²) in [6.45, 7) is 3.29. The molecule has 7 heteroatoms. The molecule has 144 valence electrons. The third-order valence-corrected chi connectivity index (χ3v) is 4.18. The van der Waals surface area contributed by atoms with E-state index in [2.05, 4.69) is 20.3 Å². The highest BCUT2D eigenvalue weighted by molar-refractivity contribution is 6.03. The second-order valence-corrected chi connectivity index (χ2v) is 6.20. The van der Waals surface area contributed by atoms with E-state index >= 15 is 0 Å². The Balaban J connectivity index is 1.62. The van der Waals surface area contributed by atoms with E-state index in [1.165, 1.54) is 11.9 Å². The molecule has 3 aromatic rings. The SMILES string of the molecule is CCOc1ccc(NC(=O)c2cc(N(C)CCc3ccncc3)ncn2)cc1. The molecule has 0 saturated heterocycles. The average Bonchev–Trinajstić information content (AvgIpc) is 2.74. The Labute approximate surface area is 164 Å². The number of rotatable bonds is 8. The van der Waals surface area contributed by atoms with Crippen LogP contribution in [-0.2, 0) is 6.42 Å². The molecule has 2 heterocycles. The van der Waals surface area contributed by atoms with Gasteiger partial charge in [-0.05, 0) is 55.3 Å². The molecule has 0 aliphatic heterocycles. The molecule has 0 atom stereocenters. The van der Waals surface area contributed by atoms with Gasteiger partial charge in [0.05, 0.1) is 6.61 Å². The van der Waals surface area contributed by atoms with Crippen LogP contribution in [0.1, 0.15) is 23.0 Å². The maximum Gasteiger partial charge on any atom is 0.274 e. The molecule has 0 spiro atoms. The molecule has 7 nitrogen and oxygen atoms in total. The van der Waals surface area contributed by atoms with Gasteiger partial charge in [0.1, 0.15) is 23.6 Å². The molecule has 1 aromatic carbocycles. The van der Waals surface area contributed by atoms with Crippen molar-refractivity contribution in [2.24, 2.45) is 0 Å². The molecule has 0 saturated carbocycles. The van der Waals surface area contributed by atoms with Gasteiger partial charge >= 0.3 is 0 Å². The van der Waals surface area contributed by atoms with Gasteiger partial charge in [0, 0.05) is 37.7 Å². The number of likely N-dealkylation sites (N-methyl/N-ethyl adjacent to an activating group) is 1. The van der Waals surface area contributed by atoms with Crippen LogP contribution in [0.15, 0.2) is 61.2 Å². The standard InChI is InChI=1S/C21H23N5O2/c1-3-28-18-6-4-17(5-7-18)25-21(27)19-14-20(24-15-23-19)26(2)13-10-16-8-11-22-12-9-16/h4-9,11-12,14-15H,3,10,13H2,1-2H3,(H,25,27). The lowest BCUT2D eigenvalue weighted by Crippen LogP contribution is -2.23. The molecular weight excluding hydrogens is 354 g/mol. The Kier molecular flexibility index (Phi) is 6.51. The van der Waals surface area contributed by atoms with Crippen LogP contribution in [0.5, 0.6) is 5.75 Å². The highest BCUT2D eigenvalue weighted by Crippen LogP contribution is 2.17. The van der Waals surface area contributed by atoms with E-state index in [9.17, 15) is 4.79 Å². The zero-order valence-electron chi connectivity index (χ0n) is 16.0. The number of carbonyl (C=O) groups excluding carboxylic acids is 1. The van der Waals surface area contributed by atoms with Crippen LogP contribution in [0.3, 0.4) is 0 Å². The highest BCUT2D eigenvalue weighted by Gasteiger charge is 2.11. The van der Waals surface area contributed by atoms with Crippen molar-refractivity contribution >= 4 is 17.4 Å². The number of hydrogen-bond acceptors (Lipinski definition) is 6. The first-order valence-electron chi connectivity index (χ1n) is 9.12. The first-order valence-corrected chi connectivity index (χ1v) is 9.12. The molecule has 0 aliphatic carbocycles. The summed E-state index contributed by atoms with van der Waals surface area (Å²) >= 11 is 0. The molecule has 0 fully saturated rings. The van der Waals surface area contributed by atoms with Gasteiger partial charge in [-0.3, -0.25) is 9.78 Å². The third kappa shape index (κ3) is 5.26. The molecule has 1 N–H and O–H groups in total. The van der Waals surface area contributed by atoms with Crippen LogP contribution >= 0.6 is 0 Å². The summed E-state index contributed by atoms with van der Waals surface area (Å²) in [5.74, 6) is 1.18. The van der Waals surface area contributed by atoms with Crippen LogP contribution in [0.2, 0.25) is 0 Å². The van der Waals surface area contributed by atoms with E-state index in [-0.39, 0.29) is 5.91 Å². The van der Waals surface area contributed by atoms with Gasteiger partial charge < -0.3 is 15.0 Å². The largest absolute Gasteiger partial charge is 0.494 e. The molecule has 0 unspecified atom stereocenters. The van der Waals surface area contributed by atoms with Crippen molar-refractivity contribution in [1.82, 2.24) is 15.0 Å². The number of benzene rings is 1. The highest BCUT2D eigenvalue weighted by atomic mass is 16.5. The normalized spacial score (nSPS) is 10.4. The van der Waals surface area contributed by atoms with Crippen molar-refractivity contribution in [2.45, 2.75) is 13.3 Å². The Morgan fingerprint density at radius 3 is 2.57 bits per heavy atom. The number of ether oxygens (including phenoxy) is 1. The fourth-order valence-electron chi connectivity index (χ4n) is 2.64. The summed E-state index contributed by atoms with van der Waals surface area (Å²) in [5.41, 5.74) is 2.19. The van der Waals surface area contributed by atoms with Gasteiger partial charge in [0.15, 0.2) is 0 Å². The Bertz CT molecular complexity index is 900. The van der Waals surface area contributed by atoms with Gasteiger partial charge in [-0.1, -0.05) is 0 Å². The van der Waals surface area contributed by atoms with Gasteiger partial charge in [-0.15, -0.1) is 0 Å². The lowest BCUT2D eigenvalue weighted by atomic mass is 10.2. The lowest BCUT2D eigenvalue weighted by molar-refractivity contribution is 0.102. The molecule has 0 radical (unpaired) electrons. The number of nitrogens with one attached hydrogen (secondary N) is 1. The van der Waals surface area contributed by atoms with Gasteiger partial charge in [-0.2, -0.15) is 0 Å². The number of pyridine rings is 1. The molecular formula is C21H23N5O2. The van der Waals surface area contributed by atoms with E-state index in [0.29, 0.717) is 23.8 Å². The monoisotopic (exact) mass is 377 g/mol. The number of amides is 1. The van der Waals surface area contributed by atoms with E-state index in [1.807, 2.05) is 43.1 Å². The molecule has 1 amide bonds. The first kappa shape index (κ1) is 19.3. The molecule has 28 heavy (non-hydrogen) atoms.